The van der Waals surface area contributed by atoms with Gasteiger partial charge in [-0.05, 0) is 6.92 Å². The van der Waals surface area contributed by atoms with Gasteiger partial charge in [-0.2, -0.15) is 0 Å². The topological polar surface area (TPSA) is 71.0 Å². The molecular formula is C14H19NO4. The summed E-state index contributed by atoms with van der Waals surface area (Å²) in [5, 5.41) is 23.3. The van der Waals surface area contributed by atoms with Crippen LogP contribution in [0.4, 0.5) is 0 Å². The van der Waals surface area contributed by atoms with Gasteiger partial charge in [-0.25, -0.2) is 0 Å². The highest BCUT2D eigenvalue weighted by molar-refractivity contribution is 5.17. The average Bonchev–Trinajstić information content (AvgIpc) is 2.46. The lowest BCUT2D eigenvalue weighted by Gasteiger charge is -2.46. The van der Waals surface area contributed by atoms with Crippen LogP contribution in [0.3, 0.4) is 0 Å². The molecule has 0 aliphatic carbocycles. The molecule has 2 heterocycles. The predicted molar refractivity (Wildman–Crippen MR) is 68.4 cm³/mol. The summed E-state index contributed by atoms with van der Waals surface area (Å²) < 4.78 is 11.5. The van der Waals surface area contributed by atoms with Crippen LogP contribution in [0, 0.1) is 0 Å². The fourth-order valence-corrected chi connectivity index (χ4v) is 2.74. The van der Waals surface area contributed by atoms with Gasteiger partial charge in [-0.3, -0.25) is 0 Å². The van der Waals surface area contributed by atoms with Gasteiger partial charge in [-0.1, -0.05) is 30.3 Å². The van der Waals surface area contributed by atoms with E-state index in [1.165, 1.54) is 0 Å². The molecule has 0 spiro atoms. The second-order valence-electron chi connectivity index (χ2n) is 5.22. The fourth-order valence-electron chi connectivity index (χ4n) is 2.74. The highest BCUT2D eigenvalue weighted by Gasteiger charge is 2.46. The van der Waals surface area contributed by atoms with Crippen LogP contribution >= 0.6 is 0 Å². The summed E-state index contributed by atoms with van der Waals surface area (Å²) in [5.41, 5.74) is 0.918. The van der Waals surface area contributed by atoms with E-state index in [9.17, 15) is 10.2 Å². The zero-order valence-corrected chi connectivity index (χ0v) is 10.8. The Morgan fingerprint density at radius 2 is 1.89 bits per heavy atom. The molecule has 104 valence electrons. The van der Waals surface area contributed by atoms with E-state index in [1.54, 1.807) is 0 Å². The van der Waals surface area contributed by atoms with Crippen LogP contribution in [-0.4, -0.2) is 47.2 Å². The molecule has 0 aromatic heterocycles. The minimum atomic E-state index is -0.892. The first kappa shape index (κ1) is 13.0. The van der Waals surface area contributed by atoms with Gasteiger partial charge in [0.1, 0.15) is 12.2 Å². The lowest BCUT2D eigenvalue weighted by molar-refractivity contribution is -0.271. The van der Waals surface area contributed by atoms with Crippen LogP contribution in [0.15, 0.2) is 30.3 Å². The fraction of sp³-hybridized carbons (Fsp3) is 0.571. The molecule has 5 heteroatoms. The number of aliphatic hydroxyl groups excluding tert-OH is 2. The van der Waals surface area contributed by atoms with Crippen molar-refractivity contribution in [3.05, 3.63) is 35.9 Å². The smallest absolute Gasteiger partial charge is 0.184 e. The van der Waals surface area contributed by atoms with Crippen molar-refractivity contribution in [3.8, 4) is 0 Å². The molecule has 3 N–H and O–H groups in total. The number of ether oxygens (including phenoxy) is 2. The number of rotatable bonds is 1. The van der Waals surface area contributed by atoms with Gasteiger partial charge in [0.25, 0.3) is 0 Å². The lowest BCUT2D eigenvalue weighted by atomic mass is 9.90. The van der Waals surface area contributed by atoms with Gasteiger partial charge in [0.05, 0.1) is 18.8 Å². The minimum Gasteiger partial charge on any atom is -0.389 e. The Morgan fingerprint density at radius 1 is 1.16 bits per heavy atom. The monoisotopic (exact) mass is 265 g/mol. The van der Waals surface area contributed by atoms with E-state index in [0.717, 1.165) is 5.56 Å². The van der Waals surface area contributed by atoms with Crippen LogP contribution in [0.5, 0.6) is 0 Å². The SMILES string of the molecule is C[C@@H]1N[C@@H]2CO[C@@H](c3ccccc3)O[C@H]2[C@H](O)[C@@H]1O. The molecule has 2 aliphatic rings. The largest absolute Gasteiger partial charge is 0.389 e. The van der Waals surface area contributed by atoms with Crippen molar-refractivity contribution in [2.24, 2.45) is 0 Å². The number of piperidine rings is 1. The number of aliphatic hydroxyl groups is 2. The van der Waals surface area contributed by atoms with Crippen LogP contribution in [0.25, 0.3) is 0 Å². The zero-order valence-electron chi connectivity index (χ0n) is 10.8. The van der Waals surface area contributed by atoms with Crippen molar-refractivity contribution in [1.82, 2.24) is 5.32 Å². The Labute approximate surface area is 112 Å². The molecule has 1 aromatic carbocycles. The molecule has 2 saturated heterocycles. The van der Waals surface area contributed by atoms with Crippen LogP contribution in [0.2, 0.25) is 0 Å². The van der Waals surface area contributed by atoms with Crippen molar-refractivity contribution >= 4 is 0 Å². The Kier molecular flexibility index (Phi) is 3.56. The molecule has 5 nitrogen and oxygen atoms in total. The molecule has 2 aliphatic heterocycles. The van der Waals surface area contributed by atoms with Crippen LogP contribution in [0.1, 0.15) is 18.8 Å². The quantitative estimate of drug-likeness (QED) is 0.676. The second-order valence-corrected chi connectivity index (χ2v) is 5.22. The van der Waals surface area contributed by atoms with E-state index < -0.39 is 24.6 Å². The van der Waals surface area contributed by atoms with E-state index in [4.69, 9.17) is 9.47 Å². The number of benzene rings is 1. The number of hydrogen-bond donors (Lipinski definition) is 3. The minimum absolute atomic E-state index is 0.0895. The van der Waals surface area contributed by atoms with Gasteiger partial charge in [0.15, 0.2) is 6.29 Å². The third kappa shape index (κ3) is 2.40. The molecule has 19 heavy (non-hydrogen) atoms. The van der Waals surface area contributed by atoms with Gasteiger partial charge in [-0.15, -0.1) is 0 Å². The summed E-state index contributed by atoms with van der Waals surface area (Å²) in [7, 11) is 0. The van der Waals surface area contributed by atoms with E-state index in [1.807, 2.05) is 37.3 Å². The van der Waals surface area contributed by atoms with Gasteiger partial charge < -0.3 is 25.0 Å². The van der Waals surface area contributed by atoms with Gasteiger partial charge in [0.2, 0.25) is 0 Å². The normalized spacial score (nSPS) is 42.7. The van der Waals surface area contributed by atoms with E-state index in [0.29, 0.717) is 6.61 Å². The average molecular weight is 265 g/mol. The molecular weight excluding hydrogens is 246 g/mol. The molecule has 2 fully saturated rings. The third-order valence-corrected chi connectivity index (χ3v) is 3.85. The molecule has 6 atom stereocenters. The molecule has 0 radical (unpaired) electrons. The summed E-state index contributed by atoms with van der Waals surface area (Å²) >= 11 is 0. The Morgan fingerprint density at radius 3 is 2.63 bits per heavy atom. The maximum absolute atomic E-state index is 10.1. The summed E-state index contributed by atoms with van der Waals surface area (Å²) in [6.45, 7) is 2.30. The molecule has 0 bridgehead atoms. The molecule has 1 aromatic rings. The summed E-state index contributed by atoms with van der Waals surface area (Å²) in [5.74, 6) is 0. The number of nitrogens with one attached hydrogen (secondary N) is 1. The maximum Gasteiger partial charge on any atom is 0.184 e. The Bertz CT molecular complexity index is 425. The molecule has 0 unspecified atom stereocenters. The first-order valence-electron chi connectivity index (χ1n) is 6.61. The Balaban J connectivity index is 1.75. The van der Waals surface area contributed by atoms with Crippen molar-refractivity contribution < 1.29 is 19.7 Å². The maximum atomic E-state index is 10.1. The lowest BCUT2D eigenvalue weighted by Crippen LogP contribution is -2.67. The summed E-state index contributed by atoms with van der Waals surface area (Å²) in [6.07, 6.45) is -2.66. The Hall–Kier alpha value is -0.980. The number of fused-ring (bicyclic) bond motifs is 1. The van der Waals surface area contributed by atoms with Crippen molar-refractivity contribution in [2.75, 3.05) is 6.61 Å². The van der Waals surface area contributed by atoms with E-state index in [2.05, 4.69) is 5.32 Å². The van der Waals surface area contributed by atoms with Gasteiger partial charge >= 0.3 is 0 Å². The second kappa shape index (κ2) is 5.19. The zero-order chi connectivity index (χ0) is 13.4. The van der Waals surface area contributed by atoms with Gasteiger partial charge in [0, 0.05) is 11.6 Å². The van der Waals surface area contributed by atoms with Crippen LogP contribution < -0.4 is 5.32 Å². The summed E-state index contributed by atoms with van der Waals surface area (Å²) in [6, 6.07) is 9.35. The first-order chi connectivity index (χ1) is 9.16. The van der Waals surface area contributed by atoms with Crippen molar-refractivity contribution in [2.45, 2.75) is 43.6 Å². The van der Waals surface area contributed by atoms with Crippen molar-refractivity contribution in [1.29, 1.82) is 0 Å². The highest BCUT2D eigenvalue weighted by atomic mass is 16.7. The molecule has 3 rings (SSSR count). The standard InChI is InChI=1S/C14H19NO4/c1-8-11(16)12(17)13-10(15-8)7-18-14(19-13)9-5-3-2-4-6-9/h2-6,8,10-17H,7H2,1H3/t8-,10+,11+,12+,13+,14+/m0/s1. The number of hydrogen-bond acceptors (Lipinski definition) is 5. The highest BCUT2D eigenvalue weighted by Crippen LogP contribution is 2.31. The predicted octanol–water partition coefficient (Wildman–Crippen LogP) is 0.183. The molecule has 0 amide bonds. The third-order valence-electron chi connectivity index (χ3n) is 3.85. The van der Waals surface area contributed by atoms with Crippen molar-refractivity contribution in [3.63, 3.8) is 0 Å². The van der Waals surface area contributed by atoms with E-state index >= 15 is 0 Å². The first-order valence-corrected chi connectivity index (χ1v) is 6.61. The van der Waals surface area contributed by atoms with E-state index in [-0.39, 0.29) is 12.1 Å². The summed E-state index contributed by atoms with van der Waals surface area (Å²) in [4.78, 5) is 0. The molecule has 0 saturated carbocycles. The van der Waals surface area contributed by atoms with Crippen LogP contribution in [-0.2, 0) is 9.47 Å².